The molecule has 11 heteroatoms. The normalized spacial score (nSPS) is 27.2. The molecule has 4 aliphatic carbocycles. The average Bonchev–Trinajstić information content (AvgIpc) is 3.64. The molecule has 3 saturated carbocycles. The minimum absolute atomic E-state index is 0.110. The zero-order valence-corrected chi connectivity index (χ0v) is 45.9. The van der Waals surface area contributed by atoms with E-state index < -0.39 is 26.3 Å². The molecule has 4 rings (SSSR count). The predicted octanol–water partition coefficient (Wildman–Crippen LogP) is 14.3. The largest absolute Gasteiger partial charge is 0.462 e. The van der Waals surface area contributed by atoms with E-state index in [4.69, 9.17) is 23.3 Å². The molecule has 0 heterocycles. The van der Waals surface area contributed by atoms with E-state index in [2.05, 4.69) is 59.8 Å². The van der Waals surface area contributed by atoms with Crippen molar-refractivity contribution >= 4 is 26.2 Å². The first-order valence-electron chi connectivity index (χ1n) is 27.9. The van der Waals surface area contributed by atoms with Crippen molar-refractivity contribution < 1.29 is 46.7 Å². The van der Waals surface area contributed by atoms with Gasteiger partial charge in [-0.3, -0.25) is 18.9 Å². The van der Waals surface area contributed by atoms with E-state index in [1.807, 2.05) is 21.1 Å². The van der Waals surface area contributed by atoms with Crippen LogP contribution in [0.1, 0.15) is 215 Å². The number of rotatable bonds is 34. The fourth-order valence-corrected chi connectivity index (χ4v) is 13.4. The van der Waals surface area contributed by atoms with Crippen LogP contribution >= 0.6 is 8.25 Å². The van der Waals surface area contributed by atoms with Gasteiger partial charge >= 0.3 is 26.2 Å². The van der Waals surface area contributed by atoms with Gasteiger partial charge in [-0.15, -0.1) is 0 Å². The highest BCUT2D eigenvalue weighted by molar-refractivity contribution is 7.33. The zero-order chi connectivity index (χ0) is 49.6. The minimum atomic E-state index is -2.87. The van der Waals surface area contributed by atoms with E-state index >= 15 is 0 Å². The van der Waals surface area contributed by atoms with Crippen LogP contribution in [-0.2, 0) is 42.2 Å². The fourth-order valence-electron chi connectivity index (χ4n) is 12.8. The summed E-state index contributed by atoms with van der Waals surface area (Å²) in [5, 5.41) is 0. The summed E-state index contributed by atoms with van der Waals surface area (Å²) < 4.78 is 41.3. The van der Waals surface area contributed by atoms with Crippen molar-refractivity contribution in [3.63, 3.8) is 0 Å². The van der Waals surface area contributed by atoms with Crippen molar-refractivity contribution in [1.29, 1.82) is 0 Å². The van der Waals surface area contributed by atoms with Gasteiger partial charge in [-0.1, -0.05) is 136 Å². The first-order chi connectivity index (χ1) is 32.4. The summed E-state index contributed by atoms with van der Waals surface area (Å²) in [6.45, 7) is 15.0. The number of likely N-dealkylation sites (N-methyl/N-ethyl adjacent to an activating group) is 1. The first-order valence-corrected chi connectivity index (χ1v) is 29.2. The predicted molar refractivity (Wildman–Crippen MR) is 276 cm³/mol. The summed E-state index contributed by atoms with van der Waals surface area (Å²) in [5.41, 5.74) is 2.08. The van der Waals surface area contributed by atoms with Crippen LogP contribution in [0.3, 0.4) is 0 Å². The second kappa shape index (κ2) is 30.1. The van der Waals surface area contributed by atoms with Crippen LogP contribution in [0, 0.1) is 46.3 Å². The zero-order valence-electron chi connectivity index (χ0n) is 44.9. The molecule has 0 saturated heterocycles. The molecular weight excluding hydrogens is 874 g/mol. The molecule has 5 unspecified atom stereocenters. The summed E-state index contributed by atoms with van der Waals surface area (Å²) in [4.78, 5) is 39.0. The number of fused-ring (bicyclic) bond motifs is 5. The van der Waals surface area contributed by atoms with Gasteiger partial charge < -0.3 is 27.7 Å². The molecule has 0 aromatic heterocycles. The van der Waals surface area contributed by atoms with Crippen LogP contribution in [0.5, 0.6) is 0 Å². The first kappa shape index (κ1) is 58.6. The molecule has 0 spiro atoms. The molecule has 3 fully saturated rings. The number of hydrogen-bond donors (Lipinski definition) is 0. The number of nitrogens with zero attached hydrogens (tertiary/aromatic N) is 1. The van der Waals surface area contributed by atoms with Crippen molar-refractivity contribution in [3.8, 4) is 0 Å². The van der Waals surface area contributed by atoms with Crippen molar-refractivity contribution in [3.05, 3.63) is 23.8 Å². The highest BCUT2D eigenvalue weighted by Crippen LogP contribution is 2.67. The highest BCUT2D eigenvalue weighted by Gasteiger charge is 2.59. The Bertz CT molecular complexity index is 1590. The van der Waals surface area contributed by atoms with Gasteiger partial charge in [0.1, 0.15) is 25.9 Å². The van der Waals surface area contributed by atoms with Crippen LogP contribution in [0.2, 0.25) is 0 Å². The molecule has 0 bridgehead atoms. The second-order valence-electron chi connectivity index (χ2n) is 23.7. The number of allylic oxidation sites excluding steroid dienone is 3. The Morgan fingerprint density at radius 2 is 1.43 bits per heavy atom. The van der Waals surface area contributed by atoms with Crippen LogP contribution in [0.25, 0.3) is 0 Å². The van der Waals surface area contributed by atoms with E-state index in [1.165, 1.54) is 95.5 Å². The van der Waals surface area contributed by atoms with Crippen LogP contribution in [-0.4, -0.2) is 82.1 Å². The Morgan fingerprint density at radius 3 is 2.12 bits per heavy atom. The molecule has 4 aliphatic rings. The Labute approximate surface area is 416 Å². The lowest BCUT2D eigenvalue weighted by Crippen LogP contribution is -2.51. The number of carbonyl (C=O) groups is 3. The highest BCUT2D eigenvalue weighted by atomic mass is 31.1. The average molecular weight is 975 g/mol. The molecule has 0 amide bonds. The summed E-state index contributed by atoms with van der Waals surface area (Å²) in [6.07, 6.45) is 34.5. The third kappa shape index (κ3) is 19.9. The maximum Gasteiger partial charge on any atom is 0.319 e. The van der Waals surface area contributed by atoms with Gasteiger partial charge in [0.15, 0.2) is 6.10 Å². The molecule has 392 valence electrons. The maximum absolute atomic E-state index is 13.2. The summed E-state index contributed by atoms with van der Waals surface area (Å²) >= 11 is 0. The topological polar surface area (TPSA) is 114 Å². The quantitative estimate of drug-likeness (QED) is 0.0155. The standard InChI is InChI=1S/C57H101NO9P/c1-10-11-12-13-14-15-16-17-18-19-20-21-22-23-24-28-53(59)63-42-48(43-65-68(62)64-40-39-58(7,8)9)67-55(61)34-33-54(60)66-47-35-37-56(5)46(41-47)29-30-49-51-32-31-50(45(4)27-25-26-44(2)3)57(51,6)38-36-52(49)56/h17-18,29,44-45,47-52,68H,10-16,19-28,30-43H2,1-9H3/q+1/b18-17-/t45-,47?,48+,49?,50-,51?,52?,56+,57-/m0/s1. The molecule has 0 aromatic rings. The smallest absolute Gasteiger partial charge is 0.319 e. The number of unbranched alkanes of at least 4 members (excludes halogenated alkanes) is 11. The number of esters is 3. The van der Waals surface area contributed by atoms with E-state index in [0.717, 1.165) is 93.8 Å². The Kier molecular flexibility index (Phi) is 26.0. The lowest BCUT2D eigenvalue weighted by atomic mass is 9.47. The number of carbonyl (C=O) groups excluding carboxylic acids is 3. The number of ether oxygens (including phenoxy) is 3. The van der Waals surface area contributed by atoms with Crippen LogP contribution < -0.4 is 0 Å². The summed E-state index contributed by atoms with van der Waals surface area (Å²) in [6, 6.07) is 0. The van der Waals surface area contributed by atoms with Crippen molar-refractivity contribution in [2.45, 2.75) is 227 Å². The van der Waals surface area contributed by atoms with E-state index in [1.54, 1.807) is 0 Å². The molecule has 10 atom stereocenters. The minimum Gasteiger partial charge on any atom is -0.462 e. The second-order valence-corrected chi connectivity index (χ2v) is 24.8. The van der Waals surface area contributed by atoms with Crippen molar-refractivity contribution in [1.82, 2.24) is 0 Å². The van der Waals surface area contributed by atoms with E-state index in [9.17, 15) is 18.9 Å². The third-order valence-corrected chi connectivity index (χ3v) is 17.7. The molecule has 0 aromatic carbocycles. The molecule has 0 aliphatic heterocycles. The summed E-state index contributed by atoms with van der Waals surface area (Å²) in [5.74, 6) is 3.26. The van der Waals surface area contributed by atoms with E-state index in [-0.39, 0.29) is 56.6 Å². The lowest BCUT2D eigenvalue weighted by Gasteiger charge is -2.58. The lowest BCUT2D eigenvalue weighted by molar-refractivity contribution is -0.870. The summed E-state index contributed by atoms with van der Waals surface area (Å²) in [7, 11) is 3.16. The van der Waals surface area contributed by atoms with Gasteiger partial charge in [0.2, 0.25) is 0 Å². The fraction of sp³-hybridized carbons (Fsp3) is 0.877. The van der Waals surface area contributed by atoms with Gasteiger partial charge in [0.05, 0.1) is 40.6 Å². The van der Waals surface area contributed by atoms with Gasteiger partial charge in [-0.2, -0.15) is 0 Å². The van der Waals surface area contributed by atoms with Crippen LogP contribution in [0.15, 0.2) is 23.8 Å². The molecule has 0 N–H and O–H groups in total. The molecule has 0 radical (unpaired) electrons. The van der Waals surface area contributed by atoms with Gasteiger partial charge in [-0.05, 0) is 123 Å². The number of hydrogen-bond acceptors (Lipinski definition) is 9. The maximum atomic E-state index is 13.2. The monoisotopic (exact) mass is 975 g/mol. The van der Waals surface area contributed by atoms with E-state index in [0.29, 0.717) is 22.4 Å². The van der Waals surface area contributed by atoms with Crippen molar-refractivity contribution in [2.75, 3.05) is 47.5 Å². The van der Waals surface area contributed by atoms with Gasteiger partial charge in [0.25, 0.3) is 0 Å². The Balaban J connectivity index is 1.17. The Morgan fingerprint density at radius 1 is 0.750 bits per heavy atom. The van der Waals surface area contributed by atoms with Gasteiger partial charge in [-0.25, -0.2) is 0 Å². The molecular formula is C57H101NO9P+. The molecule has 68 heavy (non-hydrogen) atoms. The molecule has 10 nitrogen and oxygen atoms in total. The van der Waals surface area contributed by atoms with Crippen molar-refractivity contribution in [2.24, 2.45) is 46.3 Å². The van der Waals surface area contributed by atoms with Crippen LogP contribution in [0.4, 0.5) is 0 Å². The SMILES string of the molecule is CCCCCCCC/C=C\CCCCCCCC(=O)OC[C@H](CO[PH](=O)OCC[N+](C)(C)C)OC(=O)CCC(=O)OC1CC[C@]2(C)C(=CCC3C2CC[C@]2(C)C3CC[C@H]2[C@@H](C)CCCC(C)C)C1. The third-order valence-electron chi connectivity index (χ3n) is 16.8. The number of quaternary nitrogens is 1. The Hall–Kier alpha value is -2.00. The van der Waals surface area contributed by atoms with Gasteiger partial charge in [0, 0.05) is 12.8 Å².